The number of rotatable bonds is 8. The van der Waals surface area contributed by atoms with Crippen LogP contribution in [-0.2, 0) is 34.0 Å². The molecular weight excluding hydrogens is 581 g/mol. The molecule has 0 radical (unpaired) electrons. The number of carbonyl (C=O) groups excluding carboxylic acids is 1. The van der Waals surface area contributed by atoms with Crippen LogP contribution in [-0.4, -0.2) is 44.1 Å². The summed E-state index contributed by atoms with van der Waals surface area (Å²) < 4.78 is 78.9. The summed E-state index contributed by atoms with van der Waals surface area (Å²) in [7, 11) is -9.83. The zero-order valence-corrected chi connectivity index (χ0v) is 31.7. The normalized spacial score (nSPS) is 40.4. The molecule has 0 aromatic heterocycles. The molecular formula is C24H37Na3O10S2. The van der Waals surface area contributed by atoms with Crippen LogP contribution in [0.5, 0.6) is 0 Å². The second kappa shape index (κ2) is 14.5. The summed E-state index contributed by atoms with van der Waals surface area (Å²) in [6.07, 6.45) is 4.10. The number of hydrogen-bond acceptors (Lipinski definition) is 10. The fourth-order valence-corrected chi connectivity index (χ4v) is 10.2. The zero-order chi connectivity index (χ0) is 26.7. The van der Waals surface area contributed by atoms with Gasteiger partial charge in [-0.25, -0.2) is 16.8 Å². The molecule has 0 N–H and O–H groups in total. The third kappa shape index (κ3) is 8.69. The van der Waals surface area contributed by atoms with E-state index in [1.54, 1.807) is 0 Å². The van der Waals surface area contributed by atoms with Crippen molar-refractivity contribution >= 4 is 26.8 Å². The van der Waals surface area contributed by atoms with Crippen molar-refractivity contribution in [3.63, 3.8) is 0 Å². The van der Waals surface area contributed by atoms with Crippen molar-refractivity contribution in [2.45, 2.75) is 97.2 Å². The molecule has 15 heteroatoms. The van der Waals surface area contributed by atoms with Gasteiger partial charge >= 0.3 is 88.7 Å². The Morgan fingerprint density at radius 1 is 0.872 bits per heavy atom. The van der Waals surface area contributed by atoms with Gasteiger partial charge in [-0.1, -0.05) is 20.8 Å². The van der Waals surface area contributed by atoms with E-state index < -0.39 is 39.0 Å². The minimum Gasteiger partial charge on any atom is -0.726 e. The van der Waals surface area contributed by atoms with Gasteiger partial charge in [0.1, 0.15) is 0 Å². The monoisotopic (exact) mass is 618 g/mol. The van der Waals surface area contributed by atoms with Crippen LogP contribution in [0.3, 0.4) is 0 Å². The second-order valence-corrected chi connectivity index (χ2v) is 14.3. The molecule has 4 fully saturated rings. The number of fused-ring (bicyclic) bond motifs is 5. The van der Waals surface area contributed by atoms with Crippen LogP contribution in [0.2, 0.25) is 0 Å². The molecule has 39 heavy (non-hydrogen) atoms. The molecule has 0 aromatic carbocycles. The molecule has 4 unspecified atom stereocenters. The van der Waals surface area contributed by atoms with E-state index in [-0.39, 0.29) is 148 Å². The summed E-state index contributed by atoms with van der Waals surface area (Å²) in [6.45, 7) is 6.46. The minimum atomic E-state index is -4.97. The molecule has 0 spiro atoms. The maximum Gasteiger partial charge on any atom is 1.00 e. The van der Waals surface area contributed by atoms with Crippen LogP contribution < -0.4 is 93.8 Å². The van der Waals surface area contributed by atoms with Crippen molar-refractivity contribution in [1.82, 2.24) is 0 Å². The number of carboxylic acid groups (broad SMARTS) is 1. The van der Waals surface area contributed by atoms with Crippen molar-refractivity contribution in [2.24, 2.45) is 46.3 Å². The largest absolute Gasteiger partial charge is 1.00 e. The van der Waals surface area contributed by atoms with Crippen molar-refractivity contribution in [3.8, 4) is 0 Å². The number of aliphatic carboxylic acids is 1. The molecule has 10 atom stereocenters. The van der Waals surface area contributed by atoms with Crippen LogP contribution in [0.1, 0.15) is 85.0 Å². The maximum absolute atomic E-state index is 11.8. The molecule has 0 heterocycles. The molecule has 0 aromatic rings. The van der Waals surface area contributed by atoms with Crippen molar-refractivity contribution in [2.75, 3.05) is 0 Å². The Morgan fingerprint density at radius 3 is 2.00 bits per heavy atom. The Labute approximate surface area is 299 Å². The summed E-state index contributed by atoms with van der Waals surface area (Å²) >= 11 is 0. The standard InChI is InChI=1S/C24H40O10S2.3Na/c1-14(4-7-21(25)26)17-5-6-18-22-19(9-11-24(17,18)3)23(2)10-8-16(33-35(27,28)29)12-15(23)13-20(22)34-36(30,31)32;;;/h14-20,22H,4-13H2,1-3H3,(H,25,26)(H,27,28,29)(H,30,31,32);;;/q;3*+1/p-3/t14-,15+,16-,17-,18?,19?,20?,22?,23+,24-;;;/m1.../s1. The topological polar surface area (TPSA) is 173 Å². The van der Waals surface area contributed by atoms with E-state index in [1.807, 2.05) is 0 Å². The first kappa shape index (κ1) is 39.2. The van der Waals surface area contributed by atoms with E-state index in [9.17, 15) is 35.8 Å². The van der Waals surface area contributed by atoms with Crippen molar-refractivity contribution in [1.29, 1.82) is 0 Å². The summed E-state index contributed by atoms with van der Waals surface area (Å²) in [5.74, 6) is -0.678. The molecule has 4 aliphatic carbocycles. The van der Waals surface area contributed by atoms with Crippen LogP contribution >= 0.6 is 0 Å². The van der Waals surface area contributed by atoms with Gasteiger partial charge in [-0.15, -0.1) is 0 Å². The molecule has 4 saturated carbocycles. The molecule has 0 saturated heterocycles. The van der Waals surface area contributed by atoms with E-state index in [0.717, 1.165) is 25.7 Å². The van der Waals surface area contributed by atoms with Crippen LogP contribution in [0, 0.1) is 46.3 Å². The molecule has 208 valence electrons. The third-order valence-electron chi connectivity index (χ3n) is 10.7. The van der Waals surface area contributed by atoms with E-state index in [4.69, 9.17) is 8.37 Å². The van der Waals surface area contributed by atoms with Gasteiger partial charge < -0.3 is 19.0 Å². The van der Waals surface area contributed by atoms with Crippen LogP contribution in [0.25, 0.3) is 0 Å². The fraction of sp³-hybridized carbons (Fsp3) is 0.958. The summed E-state index contributed by atoms with van der Waals surface area (Å²) in [5.41, 5.74) is -0.343. The summed E-state index contributed by atoms with van der Waals surface area (Å²) in [4.78, 5) is 11.0. The minimum absolute atomic E-state index is 0. The van der Waals surface area contributed by atoms with Crippen LogP contribution in [0.15, 0.2) is 0 Å². The first-order valence-corrected chi connectivity index (χ1v) is 15.7. The average molecular weight is 619 g/mol. The second-order valence-electron chi connectivity index (χ2n) is 12.3. The number of carbonyl (C=O) groups is 1. The SMILES string of the molecule is C[C@H](CCC(=O)[O-])[C@H]1CCC2C3C(OS(=O)(=O)[O-])C[C@@H]4C[C@H](OS(=O)(=O)[O-])CC[C@]4(C)C3CC[C@@]21C.[Na+].[Na+].[Na+]. The number of hydrogen-bond donors (Lipinski definition) is 0. The summed E-state index contributed by atoms with van der Waals surface area (Å²) in [5, 5.41) is 11.0. The Kier molecular flexibility index (Phi) is 14.6. The smallest absolute Gasteiger partial charge is 0.726 e. The molecule has 4 rings (SSSR count). The van der Waals surface area contributed by atoms with E-state index in [0.29, 0.717) is 25.7 Å². The number of carboxylic acids is 1. The predicted molar refractivity (Wildman–Crippen MR) is 123 cm³/mol. The Balaban J connectivity index is 0.00000253. The first-order chi connectivity index (χ1) is 16.5. The predicted octanol–water partition coefficient (Wildman–Crippen LogP) is -6.88. The van der Waals surface area contributed by atoms with Crippen molar-refractivity contribution in [3.05, 3.63) is 0 Å². The Bertz CT molecular complexity index is 1070. The van der Waals surface area contributed by atoms with E-state index in [2.05, 4.69) is 20.8 Å². The van der Waals surface area contributed by atoms with E-state index in [1.165, 1.54) is 0 Å². The van der Waals surface area contributed by atoms with Gasteiger partial charge in [-0.05, 0) is 111 Å². The summed E-state index contributed by atoms with van der Waals surface area (Å²) in [6, 6.07) is 0. The molecule has 10 nitrogen and oxygen atoms in total. The molecule has 0 bridgehead atoms. The first-order valence-electron chi connectivity index (χ1n) is 13.0. The third-order valence-corrected chi connectivity index (χ3v) is 11.7. The van der Waals surface area contributed by atoms with Crippen molar-refractivity contribution < 1.29 is 133 Å². The fourth-order valence-electron chi connectivity index (χ4n) is 9.19. The van der Waals surface area contributed by atoms with Gasteiger partial charge in [0.25, 0.3) is 0 Å². The van der Waals surface area contributed by atoms with Gasteiger partial charge in [0, 0.05) is 5.97 Å². The molecule has 0 amide bonds. The van der Waals surface area contributed by atoms with E-state index >= 15 is 0 Å². The molecule has 0 aliphatic heterocycles. The van der Waals surface area contributed by atoms with Gasteiger partial charge in [0.05, 0.1) is 12.2 Å². The van der Waals surface area contributed by atoms with Gasteiger partial charge in [0.15, 0.2) is 0 Å². The zero-order valence-electron chi connectivity index (χ0n) is 24.1. The Hall–Kier alpha value is 2.21. The average Bonchev–Trinajstić information content (AvgIpc) is 3.08. The van der Waals surface area contributed by atoms with Gasteiger partial charge in [0.2, 0.25) is 20.8 Å². The Morgan fingerprint density at radius 2 is 1.44 bits per heavy atom. The molecule has 4 aliphatic rings. The van der Waals surface area contributed by atoms with Gasteiger partial charge in [-0.3, -0.25) is 8.37 Å². The quantitative estimate of drug-likeness (QED) is 0.145. The van der Waals surface area contributed by atoms with Gasteiger partial charge in [-0.2, -0.15) is 0 Å². The van der Waals surface area contributed by atoms with Crippen LogP contribution in [0.4, 0.5) is 0 Å². The maximum atomic E-state index is 11.8.